The average molecular weight is 581 g/mol. The summed E-state index contributed by atoms with van der Waals surface area (Å²) in [4.78, 5) is 11.6. The van der Waals surface area contributed by atoms with E-state index in [1.54, 1.807) is 0 Å². The minimum absolute atomic E-state index is 0.102. The van der Waals surface area contributed by atoms with Gasteiger partial charge >= 0.3 is 5.97 Å². The lowest BCUT2D eigenvalue weighted by molar-refractivity contribution is -0.139. The monoisotopic (exact) mass is 580 g/mol. The zero-order valence-corrected chi connectivity index (χ0v) is 26.6. The zero-order valence-electron chi connectivity index (χ0n) is 26.6. The Labute approximate surface area is 251 Å². The van der Waals surface area contributed by atoms with Crippen LogP contribution in [0, 0.1) is 0 Å². The predicted molar refractivity (Wildman–Crippen MR) is 167 cm³/mol. The normalized spacial score (nSPS) is 23.0. The van der Waals surface area contributed by atoms with Crippen molar-refractivity contribution in [3.63, 3.8) is 0 Å². The van der Waals surface area contributed by atoms with Crippen molar-refractivity contribution >= 4 is 5.97 Å². The van der Waals surface area contributed by atoms with Crippen LogP contribution in [0.1, 0.15) is 168 Å². The van der Waals surface area contributed by atoms with E-state index in [0.29, 0.717) is 12.0 Å². The molecular formula is C35H64O6. The molecule has 3 N–H and O–H groups in total. The summed E-state index contributed by atoms with van der Waals surface area (Å²) in [6.07, 6.45) is 26.7. The molecule has 0 aromatic heterocycles. The maximum atomic E-state index is 11.6. The molecule has 0 radical (unpaired) electrons. The minimum Gasteiger partial charge on any atom is -0.455 e. The van der Waals surface area contributed by atoms with E-state index in [2.05, 4.69) is 6.92 Å². The average Bonchev–Trinajstić information content (AvgIpc) is 3.57. The molecule has 2 aliphatic rings. The molecule has 0 aromatic rings. The topological polar surface area (TPSA) is 96.2 Å². The fourth-order valence-corrected chi connectivity index (χ4v) is 6.40. The number of hydrogen-bond acceptors (Lipinski definition) is 6. The summed E-state index contributed by atoms with van der Waals surface area (Å²) in [5, 5.41) is 31.4. The first-order valence-electron chi connectivity index (χ1n) is 17.5. The second-order valence-corrected chi connectivity index (χ2v) is 13.0. The Morgan fingerprint density at radius 1 is 0.683 bits per heavy atom. The molecule has 1 fully saturated rings. The SMILES string of the molecule is CCCCCCCCCCCCC(O)[C@H]1CC[C@H]([C@H](O)CCCCCCCCCC[C@H](O)CC2=C[C@H](C)OC2=O)O1. The van der Waals surface area contributed by atoms with Crippen molar-refractivity contribution in [1.29, 1.82) is 0 Å². The lowest BCUT2D eigenvalue weighted by atomic mass is 9.99. The van der Waals surface area contributed by atoms with Crippen LogP contribution in [0.2, 0.25) is 0 Å². The predicted octanol–water partition coefficient (Wildman–Crippen LogP) is 8.09. The molecule has 6 heteroatoms. The Hall–Kier alpha value is -0.950. The first-order valence-corrected chi connectivity index (χ1v) is 17.5. The number of unbranched alkanes of at least 4 members (excludes halogenated alkanes) is 16. The van der Waals surface area contributed by atoms with Crippen LogP contribution in [0.4, 0.5) is 0 Å². The maximum absolute atomic E-state index is 11.6. The van der Waals surface area contributed by atoms with E-state index in [1.165, 1.54) is 83.5 Å². The van der Waals surface area contributed by atoms with Crippen molar-refractivity contribution in [2.24, 2.45) is 0 Å². The number of aliphatic hydroxyl groups excluding tert-OH is 3. The quantitative estimate of drug-likeness (QED) is 0.0707. The Kier molecular flexibility index (Phi) is 20.0. The van der Waals surface area contributed by atoms with E-state index in [1.807, 2.05) is 13.0 Å². The van der Waals surface area contributed by atoms with E-state index < -0.39 is 18.3 Å². The van der Waals surface area contributed by atoms with Crippen LogP contribution in [0.25, 0.3) is 0 Å². The van der Waals surface area contributed by atoms with Crippen LogP contribution in [0.3, 0.4) is 0 Å². The molecule has 0 bridgehead atoms. The Balaban J connectivity index is 1.37. The van der Waals surface area contributed by atoms with Gasteiger partial charge in [-0.1, -0.05) is 122 Å². The molecule has 0 aliphatic carbocycles. The summed E-state index contributed by atoms with van der Waals surface area (Å²) in [5.74, 6) is -0.280. The molecule has 1 unspecified atom stereocenters. The Morgan fingerprint density at radius 3 is 1.51 bits per heavy atom. The summed E-state index contributed by atoms with van der Waals surface area (Å²) >= 11 is 0. The van der Waals surface area contributed by atoms with Gasteiger partial charge in [-0.3, -0.25) is 0 Å². The second-order valence-electron chi connectivity index (χ2n) is 13.0. The fourth-order valence-electron chi connectivity index (χ4n) is 6.40. The van der Waals surface area contributed by atoms with Gasteiger partial charge in [-0.15, -0.1) is 0 Å². The summed E-state index contributed by atoms with van der Waals surface area (Å²) in [7, 11) is 0. The summed E-state index contributed by atoms with van der Waals surface area (Å²) in [6, 6.07) is 0. The lowest BCUT2D eigenvalue weighted by Gasteiger charge is -2.22. The second kappa shape index (κ2) is 22.6. The molecule has 6 nitrogen and oxygen atoms in total. The van der Waals surface area contributed by atoms with Gasteiger partial charge in [0, 0.05) is 12.0 Å². The number of cyclic esters (lactones) is 1. The number of esters is 1. The minimum atomic E-state index is -0.461. The highest BCUT2D eigenvalue weighted by Gasteiger charge is 2.34. The Morgan fingerprint density at radius 2 is 1.10 bits per heavy atom. The van der Waals surface area contributed by atoms with Crippen LogP contribution in [0.15, 0.2) is 11.6 Å². The first-order chi connectivity index (χ1) is 19.9. The highest BCUT2D eigenvalue weighted by molar-refractivity contribution is 5.90. The standard InChI is InChI=1S/C35H64O6/c1-3-4-5-6-7-8-9-13-16-19-22-31(37)33-24-25-34(41-33)32(38)23-20-17-14-11-10-12-15-18-21-30(36)27-29-26-28(2)40-35(29)39/h26,28,30-34,36-38H,3-25,27H2,1-2H3/t28-,30-,31?,32+,33+,34+/m0/s1. The van der Waals surface area contributed by atoms with Crippen LogP contribution in [-0.4, -0.2) is 57.9 Å². The Bertz CT molecular complexity index is 694. The number of carbonyl (C=O) groups excluding carboxylic acids is 1. The number of rotatable bonds is 26. The molecule has 2 heterocycles. The summed E-state index contributed by atoms with van der Waals surface area (Å²) in [5.41, 5.74) is 0.617. The van der Waals surface area contributed by atoms with Gasteiger partial charge in [0.05, 0.1) is 30.5 Å². The summed E-state index contributed by atoms with van der Waals surface area (Å²) in [6.45, 7) is 4.10. The van der Waals surface area contributed by atoms with Gasteiger partial charge in [-0.05, 0) is 45.1 Å². The van der Waals surface area contributed by atoms with Gasteiger partial charge in [0.1, 0.15) is 6.10 Å². The van der Waals surface area contributed by atoms with Crippen LogP contribution in [0.5, 0.6) is 0 Å². The molecule has 1 saturated heterocycles. The third-order valence-corrected chi connectivity index (χ3v) is 9.03. The van der Waals surface area contributed by atoms with Gasteiger partial charge in [0.25, 0.3) is 0 Å². The molecule has 2 rings (SSSR count). The van der Waals surface area contributed by atoms with Crippen LogP contribution in [-0.2, 0) is 14.3 Å². The van der Waals surface area contributed by atoms with E-state index in [9.17, 15) is 20.1 Å². The van der Waals surface area contributed by atoms with Crippen molar-refractivity contribution < 1.29 is 29.6 Å². The van der Waals surface area contributed by atoms with Crippen molar-refractivity contribution in [1.82, 2.24) is 0 Å². The third-order valence-electron chi connectivity index (χ3n) is 9.03. The molecular weight excluding hydrogens is 516 g/mol. The number of ether oxygens (including phenoxy) is 2. The van der Waals surface area contributed by atoms with E-state index in [4.69, 9.17) is 9.47 Å². The van der Waals surface area contributed by atoms with Gasteiger partial charge in [-0.2, -0.15) is 0 Å². The molecule has 0 saturated carbocycles. The van der Waals surface area contributed by atoms with Crippen molar-refractivity contribution in [2.75, 3.05) is 0 Å². The third kappa shape index (κ3) is 16.5. The highest BCUT2D eigenvalue weighted by atomic mass is 16.5. The highest BCUT2D eigenvalue weighted by Crippen LogP contribution is 2.28. The number of hydrogen-bond donors (Lipinski definition) is 3. The molecule has 41 heavy (non-hydrogen) atoms. The smallest absolute Gasteiger partial charge is 0.334 e. The van der Waals surface area contributed by atoms with Crippen LogP contribution >= 0.6 is 0 Å². The molecule has 6 atom stereocenters. The van der Waals surface area contributed by atoms with Gasteiger partial charge in [0.15, 0.2) is 0 Å². The molecule has 0 aromatic carbocycles. The van der Waals surface area contributed by atoms with Crippen molar-refractivity contribution in [3.8, 4) is 0 Å². The van der Waals surface area contributed by atoms with E-state index >= 15 is 0 Å². The number of aliphatic hydroxyl groups is 3. The van der Waals surface area contributed by atoms with E-state index in [-0.39, 0.29) is 24.3 Å². The summed E-state index contributed by atoms with van der Waals surface area (Å²) < 4.78 is 11.2. The van der Waals surface area contributed by atoms with Gasteiger partial charge in [0.2, 0.25) is 0 Å². The molecule has 240 valence electrons. The first kappa shape index (κ1) is 36.2. The maximum Gasteiger partial charge on any atom is 0.334 e. The van der Waals surface area contributed by atoms with Crippen molar-refractivity contribution in [2.45, 2.75) is 205 Å². The molecule has 2 aliphatic heterocycles. The van der Waals surface area contributed by atoms with Crippen LogP contribution < -0.4 is 0 Å². The lowest BCUT2D eigenvalue weighted by Crippen LogP contribution is -2.31. The molecule has 0 amide bonds. The van der Waals surface area contributed by atoms with Gasteiger partial charge < -0.3 is 24.8 Å². The fraction of sp³-hybridized carbons (Fsp3) is 0.914. The zero-order chi connectivity index (χ0) is 29.7. The van der Waals surface area contributed by atoms with Crippen molar-refractivity contribution in [3.05, 3.63) is 11.6 Å². The molecule has 0 spiro atoms. The number of carbonyl (C=O) groups is 1. The van der Waals surface area contributed by atoms with Gasteiger partial charge in [-0.25, -0.2) is 4.79 Å². The largest absolute Gasteiger partial charge is 0.455 e. The van der Waals surface area contributed by atoms with E-state index in [0.717, 1.165) is 64.2 Å².